The van der Waals surface area contributed by atoms with Crippen molar-refractivity contribution in [3.63, 3.8) is 0 Å². The van der Waals surface area contributed by atoms with Crippen LogP contribution in [-0.4, -0.2) is 51.9 Å². The van der Waals surface area contributed by atoms with Crippen molar-refractivity contribution < 1.29 is 0 Å². The van der Waals surface area contributed by atoms with Gasteiger partial charge in [-0.1, -0.05) is 0 Å². The van der Waals surface area contributed by atoms with E-state index in [9.17, 15) is 0 Å². The van der Waals surface area contributed by atoms with Crippen LogP contribution in [0.3, 0.4) is 0 Å². The number of nitrogens with zero attached hydrogens (tertiary/aromatic N) is 4. The van der Waals surface area contributed by atoms with E-state index >= 15 is 0 Å². The second kappa shape index (κ2) is 5.41. The number of hydrogen-bond acceptors (Lipinski definition) is 4. The lowest BCUT2D eigenvalue weighted by atomic mass is 10.2. The maximum atomic E-state index is 4.10. The lowest BCUT2D eigenvalue weighted by molar-refractivity contribution is 0.371. The molecule has 1 saturated heterocycles. The largest absolute Gasteiger partial charge is 0.310 e. The predicted molar refractivity (Wildman–Crippen MR) is 63.1 cm³/mol. The molecule has 0 bridgehead atoms. The highest BCUT2D eigenvalue weighted by atomic mass is 15.3. The third-order valence-corrected chi connectivity index (χ3v) is 3.17. The molecule has 2 atom stereocenters. The first-order valence-electron chi connectivity index (χ1n) is 6.01. The molecule has 0 aromatic carbocycles. The van der Waals surface area contributed by atoms with Crippen molar-refractivity contribution in [2.45, 2.75) is 38.4 Å². The molecule has 0 aliphatic carbocycles. The molecule has 1 aromatic heterocycles. The number of aromatic nitrogens is 3. The van der Waals surface area contributed by atoms with Gasteiger partial charge in [0.15, 0.2) is 0 Å². The average Bonchev–Trinajstić information content (AvgIpc) is 2.87. The molecule has 0 saturated carbocycles. The molecule has 5 heteroatoms. The highest BCUT2D eigenvalue weighted by Crippen LogP contribution is 2.08. The first kappa shape index (κ1) is 11.5. The van der Waals surface area contributed by atoms with E-state index in [2.05, 4.69) is 34.3 Å². The van der Waals surface area contributed by atoms with Gasteiger partial charge in [0.25, 0.3) is 0 Å². The van der Waals surface area contributed by atoms with Crippen LogP contribution in [0.5, 0.6) is 0 Å². The molecule has 16 heavy (non-hydrogen) atoms. The fourth-order valence-corrected chi connectivity index (χ4v) is 2.23. The zero-order chi connectivity index (χ0) is 11.4. The molecule has 0 amide bonds. The van der Waals surface area contributed by atoms with E-state index in [1.807, 2.05) is 4.68 Å². The Kier molecular flexibility index (Phi) is 3.90. The van der Waals surface area contributed by atoms with E-state index in [1.165, 1.54) is 19.5 Å². The standard InChI is InChI=1S/C11H21N5/c1-10(3-6-16-9-12-8-13-16)14-11-4-5-15(2)7-11/h8-11,14H,3-7H2,1-2H3. The summed E-state index contributed by atoms with van der Waals surface area (Å²) in [6.07, 6.45) is 5.73. The molecular formula is C11H21N5. The van der Waals surface area contributed by atoms with E-state index in [0.29, 0.717) is 12.1 Å². The van der Waals surface area contributed by atoms with Gasteiger partial charge in [0, 0.05) is 25.2 Å². The zero-order valence-electron chi connectivity index (χ0n) is 10.1. The van der Waals surface area contributed by atoms with Crippen molar-refractivity contribution in [3.05, 3.63) is 12.7 Å². The minimum Gasteiger partial charge on any atom is -0.310 e. The van der Waals surface area contributed by atoms with Crippen molar-refractivity contribution >= 4 is 0 Å². The van der Waals surface area contributed by atoms with Gasteiger partial charge in [-0.25, -0.2) is 4.98 Å². The summed E-state index contributed by atoms with van der Waals surface area (Å²) in [6.45, 7) is 5.58. The smallest absolute Gasteiger partial charge is 0.137 e. The van der Waals surface area contributed by atoms with E-state index in [4.69, 9.17) is 0 Å². The fourth-order valence-electron chi connectivity index (χ4n) is 2.23. The second-order valence-corrected chi connectivity index (χ2v) is 4.76. The molecule has 0 spiro atoms. The Hall–Kier alpha value is -0.940. The topological polar surface area (TPSA) is 46.0 Å². The molecule has 2 unspecified atom stereocenters. The van der Waals surface area contributed by atoms with Crippen LogP contribution < -0.4 is 5.32 Å². The molecule has 1 aliphatic heterocycles. The number of nitrogens with one attached hydrogen (secondary N) is 1. The van der Waals surface area contributed by atoms with Crippen LogP contribution in [0.25, 0.3) is 0 Å². The zero-order valence-corrected chi connectivity index (χ0v) is 10.1. The Bertz CT molecular complexity index is 297. The summed E-state index contributed by atoms with van der Waals surface area (Å²) in [5, 5.41) is 7.77. The van der Waals surface area contributed by atoms with Gasteiger partial charge < -0.3 is 10.2 Å². The predicted octanol–water partition coefficient (Wildman–Crippen LogP) is 0.350. The first-order chi connectivity index (χ1) is 7.74. The van der Waals surface area contributed by atoms with Crippen molar-refractivity contribution in [1.29, 1.82) is 0 Å². The van der Waals surface area contributed by atoms with E-state index in [-0.39, 0.29) is 0 Å². The van der Waals surface area contributed by atoms with Gasteiger partial charge in [-0.2, -0.15) is 5.10 Å². The number of rotatable bonds is 5. The SMILES string of the molecule is CC(CCn1cncn1)NC1CCN(C)C1. The van der Waals surface area contributed by atoms with Crippen LogP contribution >= 0.6 is 0 Å². The molecule has 2 rings (SSSR count). The van der Waals surface area contributed by atoms with Crippen LogP contribution in [0.2, 0.25) is 0 Å². The summed E-state index contributed by atoms with van der Waals surface area (Å²) in [7, 11) is 2.18. The third-order valence-electron chi connectivity index (χ3n) is 3.17. The fraction of sp³-hybridized carbons (Fsp3) is 0.818. The monoisotopic (exact) mass is 223 g/mol. The Balaban J connectivity index is 1.66. The van der Waals surface area contributed by atoms with Crippen LogP contribution in [-0.2, 0) is 6.54 Å². The van der Waals surface area contributed by atoms with Gasteiger partial charge in [-0.05, 0) is 33.4 Å². The normalized spacial score (nSPS) is 23.8. The summed E-state index contributed by atoms with van der Waals surface area (Å²) in [5.41, 5.74) is 0. The molecule has 5 nitrogen and oxygen atoms in total. The summed E-state index contributed by atoms with van der Waals surface area (Å²) >= 11 is 0. The van der Waals surface area contributed by atoms with Gasteiger partial charge in [-0.3, -0.25) is 4.68 Å². The van der Waals surface area contributed by atoms with Crippen molar-refractivity contribution in [2.75, 3.05) is 20.1 Å². The highest BCUT2D eigenvalue weighted by Gasteiger charge is 2.20. The Morgan fingerprint density at radius 2 is 2.44 bits per heavy atom. The molecule has 0 radical (unpaired) electrons. The van der Waals surface area contributed by atoms with Crippen LogP contribution in [0.15, 0.2) is 12.7 Å². The number of aryl methyl sites for hydroxylation is 1. The molecule has 1 aromatic rings. The van der Waals surface area contributed by atoms with Gasteiger partial charge in [0.2, 0.25) is 0 Å². The average molecular weight is 223 g/mol. The lowest BCUT2D eigenvalue weighted by Gasteiger charge is -2.19. The van der Waals surface area contributed by atoms with Crippen LogP contribution in [0.1, 0.15) is 19.8 Å². The molecular weight excluding hydrogens is 202 g/mol. The minimum atomic E-state index is 0.542. The highest BCUT2D eigenvalue weighted by molar-refractivity contribution is 4.81. The Morgan fingerprint density at radius 3 is 3.06 bits per heavy atom. The van der Waals surface area contributed by atoms with Gasteiger partial charge in [0.05, 0.1) is 0 Å². The summed E-state index contributed by atoms with van der Waals surface area (Å²) in [6, 6.07) is 1.21. The second-order valence-electron chi connectivity index (χ2n) is 4.76. The number of likely N-dealkylation sites (tertiary alicyclic amines) is 1. The maximum Gasteiger partial charge on any atom is 0.137 e. The van der Waals surface area contributed by atoms with Crippen molar-refractivity contribution in [1.82, 2.24) is 25.0 Å². The molecule has 1 fully saturated rings. The van der Waals surface area contributed by atoms with E-state index < -0.39 is 0 Å². The summed E-state index contributed by atoms with van der Waals surface area (Å²) in [5.74, 6) is 0. The summed E-state index contributed by atoms with van der Waals surface area (Å²) < 4.78 is 1.89. The minimum absolute atomic E-state index is 0.542. The Labute approximate surface area is 96.8 Å². The number of likely N-dealkylation sites (N-methyl/N-ethyl adjacent to an activating group) is 1. The van der Waals surface area contributed by atoms with Crippen molar-refractivity contribution in [3.8, 4) is 0 Å². The lowest BCUT2D eigenvalue weighted by Crippen LogP contribution is -2.38. The van der Waals surface area contributed by atoms with E-state index in [1.54, 1.807) is 12.7 Å². The van der Waals surface area contributed by atoms with Crippen LogP contribution in [0, 0.1) is 0 Å². The van der Waals surface area contributed by atoms with Gasteiger partial charge in [0.1, 0.15) is 12.7 Å². The van der Waals surface area contributed by atoms with Gasteiger partial charge >= 0.3 is 0 Å². The first-order valence-corrected chi connectivity index (χ1v) is 6.01. The third kappa shape index (κ3) is 3.28. The Morgan fingerprint density at radius 1 is 1.56 bits per heavy atom. The molecule has 1 aliphatic rings. The summed E-state index contributed by atoms with van der Waals surface area (Å²) in [4.78, 5) is 6.31. The van der Waals surface area contributed by atoms with E-state index in [0.717, 1.165) is 13.0 Å². The van der Waals surface area contributed by atoms with Crippen molar-refractivity contribution in [2.24, 2.45) is 0 Å². The molecule has 90 valence electrons. The molecule has 1 N–H and O–H groups in total. The maximum absolute atomic E-state index is 4.10. The number of hydrogen-bond donors (Lipinski definition) is 1. The van der Waals surface area contributed by atoms with Crippen LogP contribution in [0.4, 0.5) is 0 Å². The van der Waals surface area contributed by atoms with Gasteiger partial charge in [-0.15, -0.1) is 0 Å². The molecule has 2 heterocycles. The quantitative estimate of drug-likeness (QED) is 0.782.